The molecule has 0 rings (SSSR count). The van der Waals surface area contributed by atoms with Crippen LogP contribution in [0.25, 0.3) is 0 Å². The maximum absolute atomic E-state index is 3.71. The van der Waals surface area contributed by atoms with Crippen LogP contribution in [0.2, 0.25) is 0 Å². The Labute approximate surface area is 82.2 Å². The van der Waals surface area contributed by atoms with Crippen LogP contribution in [0, 0.1) is 0 Å². The fraction of sp³-hybridized carbons (Fsp3) is 0.500. The molecule has 0 unspecified atom stereocenters. The Kier molecular flexibility index (Phi) is 8.68. The number of nitrogens with one attached hydrogen (secondary N) is 1. The van der Waals surface area contributed by atoms with Gasteiger partial charge in [0.15, 0.2) is 0 Å². The van der Waals surface area contributed by atoms with Crippen LogP contribution < -0.4 is 5.32 Å². The maximum Gasteiger partial charge on any atom is -0.00115 e. The lowest BCUT2D eigenvalue weighted by molar-refractivity contribution is 0.792. The summed E-state index contributed by atoms with van der Waals surface area (Å²) in [5.74, 6) is 0. The molecule has 0 aliphatic carbocycles. The number of rotatable bonds is 7. The summed E-state index contributed by atoms with van der Waals surface area (Å²) in [5.41, 5.74) is 1.40. The average Bonchev–Trinajstić information content (AvgIpc) is 2.17. The first kappa shape index (κ1) is 12.2. The van der Waals surface area contributed by atoms with Gasteiger partial charge >= 0.3 is 0 Å². The van der Waals surface area contributed by atoms with Crippen LogP contribution in [0.5, 0.6) is 0 Å². The number of allylic oxidation sites excluding steroid dienone is 4. The first-order valence-corrected chi connectivity index (χ1v) is 4.96. The van der Waals surface area contributed by atoms with Gasteiger partial charge in [-0.1, -0.05) is 36.8 Å². The zero-order valence-electron chi connectivity index (χ0n) is 8.84. The largest absolute Gasteiger partial charge is 0.319 e. The van der Waals surface area contributed by atoms with E-state index >= 15 is 0 Å². The standard InChI is InChI=1S/C12H21N/c1-4-6-8-12(9-7-5-2)10-11-13-3/h4,7-9,13H,1,5-6,10-11H2,2-3H3/b9-7-,12-8+. The van der Waals surface area contributed by atoms with Crippen molar-refractivity contribution in [1.29, 1.82) is 0 Å². The molecule has 0 radical (unpaired) electrons. The van der Waals surface area contributed by atoms with Crippen molar-refractivity contribution in [3.63, 3.8) is 0 Å². The van der Waals surface area contributed by atoms with E-state index < -0.39 is 0 Å². The van der Waals surface area contributed by atoms with Crippen molar-refractivity contribution in [2.24, 2.45) is 0 Å². The molecule has 1 nitrogen and oxygen atoms in total. The van der Waals surface area contributed by atoms with Gasteiger partial charge in [-0.15, -0.1) is 6.58 Å². The summed E-state index contributed by atoms with van der Waals surface area (Å²) in [7, 11) is 1.98. The van der Waals surface area contributed by atoms with Gasteiger partial charge in [-0.2, -0.15) is 0 Å². The molecule has 0 heterocycles. The maximum atomic E-state index is 3.71. The van der Waals surface area contributed by atoms with E-state index in [1.165, 1.54) is 5.57 Å². The second-order valence-electron chi connectivity index (χ2n) is 2.97. The van der Waals surface area contributed by atoms with E-state index in [4.69, 9.17) is 0 Å². The molecule has 74 valence electrons. The Bertz CT molecular complexity index is 178. The minimum atomic E-state index is 0.965. The topological polar surface area (TPSA) is 12.0 Å². The summed E-state index contributed by atoms with van der Waals surface area (Å²) >= 11 is 0. The first-order chi connectivity index (χ1) is 6.35. The smallest absolute Gasteiger partial charge is 0.00115 e. The Morgan fingerprint density at radius 2 is 2.23 bits per heavy atom. The summed E-state index contributed by atoms with van der Waals surface area (Å²) < 4.78 is 0. The van der Waals surface area contributed by atoms with Gasteiger partial charge < -0.3 is 5.32 Å². The molecule has 0 amide bonds. The normalized spacial score (nSPS) is 12.3. The van der Waals surface area contributed by atoms with Crippen molar-refractivity contribution in [3.05, 3.63) is 36.5 Å². The van der Waals surface area contributed by atoms with E-state index in [0.717, 1.165) is 25.8 Å². The number of hydrogen-bond donors (Lipinski definition) is 1. The molecule has 0 aromatic heterocycles. The van der Waals surface area contributed by atoms with Gasteiger partial charge in [-0.25, -0.2) is 0 Å². The molecule has 0 aliphatic heterocycles. The summed E-state index contributed by atoms with van der Waals surface area (Å²) in [6.07, 6.45) is 11.7. The van der Waals surface area contributed by atoms with Gasteiger partial charge in [0.05, 0.1) is 0 Å². The fourth-order valence-corrected chi connectivity index (χ4v) is 1.03. The van der Waals surface area contributed by atoms with Gasteiger partial charge in [0.2, 0.25) is 0 Å². The lowest BCUT2D eigenvalue weighted by Crippen LogP contribution is -2.07. The van der Waals surface area contributed by atoms with E-state index in [1.54, 1.807) is 0 Å². The van der Waals surface area contributed by atoms with E-state index in [2.05, 4.69) is 37.0 Å². The molecule has 0 bridgehead atoms. The van der Waals surface area contributed by atoms with E-state index in [1.807, 2.05) is 13.1 Å². The summed E-state index contributed by atoms with van der Waals surface area (Å²) in [6.45, 7) is 6.90. The lowest BCUT2D eigenvalue weighted by Gasteiger charge is -2.00. The molecule has 0 aromatic rings. The predicted octanol–water partition coefficient (Wildman–Crippen LogP) is 3.06. The molecule has 0 spiro atoms. The third kappa shape index (κ3) is 7.54. The van der Waals surface area contributed by atoms with E-state index in [-0.39, 0.29) is 0 Å². The van der Waals surface area contributed by atoms with Crippen LogP contribution in [0.3, 0.4) is 0 Å². The highest BCUT2D eigenvalue weighted by Gasteiger charge is 1.89. The van der Waals surface area contributed by atoms with Gasteiger partial charge in [0, 0.05) is 0 Å². The van der Waals surface area contributed by atoms with Gasteiger partial charge in [0.25, 0.3) is 0 Å². The van der Waals surface area contributed by atoms with Crippen molar-refractivity contribution in [1.82, 2.24) is 5.32 Å². The Hall–Kier alpha value is -0.820. The van der Waals surface area contributed by atoms with Crippen molar-refractivity contribution < 1.29 is 0 Å². The molecule has 0 saturated heterocycles. The van der Waals surface area contributed by atoms with Crippen LogP contribution in [0.15, 0.2) is 36.5 Å². The molecule has 0 atom stereocenters. The van der Waals surface area contributed by atoms with E-state index in [0.29, 0.717) is 0 Å². The first-order valence-electron chi connectivity index (χ1n) is 4.96. The second-order valence-corrected chi connectivity index (χ2v) is 2.97. The monoisotopic (exact) mass is 179 g/mol. The summed E-state index contributed by atoms with van der Waals surface area (Å²) in [4.78, 5) is 0. The molecule has 0 aromatic carbocycles. The van der Waals surface area contributed by atoms with Crippen molar-refractivity contribution in [3.8, 4) is 0 Å². The Morgan fingerprint density at radius 3 is 2.77 bits per heavy atom. The quantitative estimate of drug-likeness (QED) is 0.468. The van der Waals surface area contributed by atoms with Gasteiger partial charge in [-0.3, -0.25) is 0 Å². The minimum Gasteiger partial charge on any atom is -0.319 e. The molecule has 1 N–H and O–H groups in total. The summed E-state index contributed by atoms with van der Waals surface area (Å²) in [6, 6.07) is 0. The zero-order valence-corrected chi connectivity index (χ0v) is 8.84. The highest BCUT2D eigenvalue weighted by Crippen LogP contribution is 2.05. The zero-order chi connectivity index (χ0) is 9.94. The van der Waals surface area contributed by atoms with Gasteiger partial charge in [0.1, 0.15) is 0 Å². The minimum absolute atomic E-state index is 0.965. The van der Waals surface area contributed by atoms with Crippen LogP contribution in [-0.2, 0) is 0 Å². The van der Waals surface area contributed by atoms with Crippen LogP contribution in [-0.4, -0.2) is 13.6 Å². The molecule has 0 saturated carbocycles. The summed E-state index contributed by atoms with van der Waals surface area (Å²) in [5, 5.41) is 3.15. The fourth-order valence-electron chi connectivity index (χ4n) is 1.03. The highest BCUT2D eigenvalue weighted by atomic mass is 14.8. The molecule has 1 heteroatoms. The Balaban J connectivity index is 4.01. The third-order valence-electron chi connectivity index (χ3n) is 1.78. The molecular weight excluding hydrogens is 158 g/mol. The third-order valence-corrected chi connectivity index (χ3v) is 1.78. The van der Waals surface area contributed by atoms with Gasteiger partial charge in [-0.05, 0) is 32.9 Å². The molecule has 0 fully saturated rings. The Morgan fingerprint density at radius 1 is 1.46 bits per heavy atom. The average molecular weight is 179 g/mol. The SMILES string of the molecule is C=CC/C=C(\C=C/CC)CCNC. The van der Waals surface area contributed by atoms with Crippen LogP contribution in [0.4, 0.5) is 0 Å². The van der Waals surface area contributed by atoms with E-state index in [9.17, 15) is 0 Å². The number of hydrogen-bond acceptors (Lipinski definition) is 1. The van der Waals surface area contributed by atoms with Crippen molar-refractivity contribution in [2.45, 2.75) is 26.2 Å². The van der Waals surface area contributed by atoms with Crippen molar-refractivity contribution >= 4 is 0 Å². The van der Waals surface area contributed by atoms with Crippen LogP contribution >= 0.6 is 0 Å². The highest BCUT2D eigenvalue weighted by molar-refractivity contribution is 5.19. The van der Waals surface area contributed by atoms with Crippen LogP contribution in [0.1, 0.15) is 26.2 Å². The predicted molar refractivity (Wildman–Crippen MR) is 60.9 cm³/mol. The molecule has 13 heavy (non-hydrogen) atoms. The lowest BCUT2D eigenvalue weighted by atomic mass is 10.1. The second kappa shape index (κ2) is 9.27. The molecular formula is C12H21N. The van der Waals surface area contributed by atoms with Crippen molar-refractivity contribution in [2.75, 3.05) is 13.6 Å². The molecule has 0 aliphatic rings.